The van der Waals surface area contributed by atoms with Crippen molar-refractivity contribution in [2.24, 2.45) is 11.8 Å². The predicted octanol–water partition coefficient (Wildman–Crippen LogP) is -0.869. The maximum Gasteiger partial charge on any atom is 0.309 e. The Morgan fingerprint density at radius 3 is 2.57 bits per heavy atom. The van der Waals surface area contributed by atoms with E-state index < -0.39 is 0 Å². The van der Waals surface area contributed by atoms with Gasteiger partial charge < -0.3 is 15.4 Å². The van der Waals surface area contributed by atoms with Crippen LogP contribution in [0.1, 0.15) is 6.42 Å². The lowest BCUT2D eigenvalue weighted by molar-refractivity contribution is -0.147. The lowest BCUT2D eigenvalue weighted by Gasteiger charge is -2.27. The van der Waals surface area contributed by atoms with Crippen LogP contribution in [0.2, 0.25) is 0 Å². The summed E-state index contributed by atoms with van der Waals surface area (Å²) >= 11 is 0. The van der Waals surface area contributed by atoms with E-state index in [1.165, 1.54) is 7.11 Å². The molecule has 0 aliphatic carbocycles. The molecule has 0 radical (unpaired) electrons. The van der Waals surface area contributed by atoms with E-state index in [9.17, 15) is 9.59 Å². The zero-order valence-corrected chi connectivity index (χ0v) is 8.50. The maximum atomic E-state index is 11.3. The van der Waals surface area contributed by atoms with Crippen molar-refractivity contribution in [3.8, 4) is 0 Å². The zero-order valence-electron chi connectivity index (χ0n) is 8.50. The second-order valence-corrected chi connectivity index (χ2v) is 3.43. The van der Waals surface area contributed by atoms with Gasteiger partial charge in [0.2, 0.25) is 5.91 Å². The molecular weight excluding hydrogens is 184 g/mol. The Morgan fingerprint density at radius 1 is 1.36 bits per heavy atom. The van der Waals surface area contributed by atoms with Gasteiger partial charge in [-0.2, -0.15) is 0 Å². The van der Waals surface area contributed by atoms with Crippen LogP contribution in [0.4, 0.5) is 0 Å². The second-order valence-electron chi connectivity index (χ2n) is 3.43. The van der Waals surface area contributed by atoms with Crippen LogP contribution in [0, 0.1) is 11.8 Å². The molecule has 80 valence electrons. The van der Waals surface area contributed by atoms with Crippen LogP contribution < -0.4 is 10.6 Å². The number of carbonyl (C=O) groups excluding carboxylic acids is 2. The van der Waals surface area contributed by atoms with Gasteiger partial charge in [-0.15, -0.1) is 0 Å². The Balaban J connectivity index is 2.51. The minimum atomic E-state index is -0.244. The van der Waals surface area contributed by atoms with Crippen molar-refractivity contribution >= 4 is 11.9 Å². The minimum Gasteiger partial charge on any atom is -0.469 e. The molecule has 0 aromatic heterocycles. The van der Waals surface area contributed by atoms with Gasteiger partial charge in [0.25, 0.3) is 0 Å². The van der Waals surface area contributed by atoms with Crippen molar-refractivity contribution in [1.82, 2.24) is 10.6 Å². The Kier molecular flexibility index (Phi) is 3.88. The first-order chi connectivity index (χ1) is 6.69. The summed E-state index contributed by atoms with van der Waals surface area (Å²) in [6, 6.07) is 0. The van der Waals surface area contributed by atoms with Gasteiger partial charge in [-0.05, 0) is 6.42 Å². The molecule has 0 aromatic carbocycles. The molecule has 1 aliphatic heterocycles. The average molecular weight is 200 g/mol. The number of piperidine rings is 1. The molecule has 2 N–H and O–H groups in total. The molecule has 1 rings (SSSR count). The number of amides is 1. The molecule has 2 atom stereocenters. The number of esters is 1. The summed E-state index contributed by atoms with van der Waals surface area (Å²) in [5.74, 6) is -0.592. The number of ether oxygens (including phenoxy) is 1. The van der Waals surface area contributed by atoms with Crippen molar-refractivity contribution in [2.75, 3.05) is 27.2 Å². The Morgan fingerprint density at radius 2 is 2.00 bits per heavy atom. The number of rotatable bonds is 2. The fraction of sp³-hybridized carbons (Fsp3) is 0.778. The highest BCUT2D eigenvalue weighted by Gasteiger charge is 2.30. The normalized spacial score (nSPS) is 26.7. The van der Waals surface area contributed by atoms with Gasteiger partial charge in [0.15, 0.2) is 0 Å². The van der Waals surface area contributed by atoms with E-state index in [0.717, 1.165) is 0 Å². The molecule has 14 heavy (non-hydrogen) atoms. The van der Waals surface area contributed by atoms with Crippen molar-refractivity contribution in [2.45, 2.75) is 6.42 Å². The summed E-state index contributed by atoms with van der Waals surface area (Å²) in [4.78, 5) is 22.5. The highest BCUT2D eigenvalue weighted by atomic mass is 16.5. The van der Waals surface area contributed by atoms with Crippen molar-refractivity contribution in [3.63, 3.8) is 0 Å². The standard InChI is InChI=1S/C9H16N2O3/c1-10-8(12)6-3-7(5-11-4-6)9(13)14-2/h6-7,11H,3-5H2,1-2H3,(H,10,12)/t6-,7+/m1/s1. The monoisotopic (exact) mass is 200 g/mol. The van der Waals surface area contributed by atoms with Crippen LogP contribution >= 0.6 is 0 Å². The SMILES string of the molecule is CNC(=O)[C@H]1CNC[C@@H](C(=O)OC)C1. The molecular formula is C9H16N2O3. The third kappa shape index (κ3) is 2.45. The quantitative estimate of drug-likeness (QED) is 0.569. The summed E-state index contributed by atoms with van der Waals surface area (Å²) in [5.41, 5.74) is 0. The smallest absolute Gasteiger partial charge is 0.309 e. The highest BCUT2D eigenvalue weighted by Crippen LogP contribution is 2.17. The Labute approximate surface area is 83.2 Å². The molecule has 0 aromatic rings. The first kappa shape index (κ1) is 11.0. The third-order valence-corrected chi connectivity index (χ3v) is 2.50. The van der Waals surface area contributed by atoms with E-state index in [1.807, 2.05) is 0 Å². The van der Waals surface area contributed by atoms with Gasteiger partial charge in [0, 0.05) is 20.1 Å². The number of hydrogen-bond donors (Lipinski definition) is 2. The lowest BCUT2D eigenvalue weighted by atomic mass is 9.90. The first-order valence-electron chi connectivity index (χ1n) is 4.69. The fourth-order valence-electron chi connectivity index (χ4n) is 1.69. The number of methoxy groups -OCH3 is 1. The van der Waals surface area contributed by atoms with Crippen LogP contribution in [-0.2, 0) is 14.3 Å². The maximum absolute atomic E-state index is 11.3. The summed E-state index contributed by atoms with van der Waals surface area (Å²) in [6.07, 6.45) is 0.569. The molecule has 0 spiro atoms. The topological polar surface area (TPSA) is 67.4 Å². The number of hydrogen-bond acceptors (Lipinski definition) is 4. The van der Waals surface area contributed by atoms with Gasteiger partial charge in [0.05, 0.1) is 18.9 Å². The molecule has 5 heteroatoms. The van der Waals surface area contributed by atoms with Crippen LogP contribution in [0.25, 0.3) is 0 Å². The molecule has 1 saturated heterocycles. The van der Waals surface area contributed by atoms with E-state index in [0.29, 0.717) is 19.5 Å². The van der Waals surface area contributed by atoms with Crippen LogP contribution in [0.15, 0.2) is 0 Å². The molecule has 1 heterocycles. The van der Waals surface area contributed by atoms with E-state index in [1.54, 1.807) is 7.05 Å². The van der Waals surface area contributed by atoms with Gasteiger partial charge in [0.1, 0.15) is 0 Å². The van der Waals surface area contributed by atoms with E-state index in [-0.39, 0.29) is 23.7 Å². The predicted molar refractivity (Wildman–Crippen MR) is 50.5 cm³/mol. The highest BCUT2D eigenvalue weighted by molar-refractivity contribution is 5.80. The molecule has 1 fully saturated rings. The Hall–Kier alpha value is -1.10. The molecule has 0 bridgehead atoms. The number of carbonyl (C=O) groups is 2. The van der Waals surface area contributed by atoms with Crippen molar-refractivity contribution < 1.29 is 14.3 Å². The lowest BCUT2D eigenvalue weighted by Crippen LogP contribution is -2.45. The summed E-state index contributed by atoms with van der Waals surface area (Å²) in [5, 5.41) is 5.63. The van der Waals surface area contributed by atoms with Gasteiger partial charge in [-0.1, -0.05) is 0 Å². The van der Waals surface area contributed by atoms with Crippen LogP contribution in [-0.4, -0.2) is 39.1 Å². The van der Waals surface area contributed by atoms with E-state index >= 15 is 0 Å². The Bertz CT molecular complexity index is 208. The molecule has 1 amide bonds. The summed E-state index contributed by atoms with van der Waals surface area (Å²) in [6.45, 7) is 1.23. The molecule has 0 saturated carbocycles. The number of nitrogens with one attached hydrogen (secondary N) is 2. The van der Waals surface area contributed by atoms with Crippen LogP contribution in [0.5, 0.6) is 0 Å². The summed E-state index contributed by atoms with van der Waals surface area (Å²) in [7, 11) is 2.97. The third-order valence-electron chi connectivity index (χ3n) is 2.50. The van der Waals surface area contributed by atoms with Gasteiger partial charge in [-0.25, -0.2) is 0 Å². The van der Waals surface area contributed by atoms with Crippen molar-refractivity contribution in [1.29, 1.82) is 0 Å². The van der Waals surface area contributed by atoms with E-state index in [2.05, 4.69) is 15.4 Å². The molecule has 0 unspecified atom stereocenters. The van der Waals surface area contributed by atoms with Gasteiger partial charge in [-0.3, -0.25) is 9.59 Å². The fourth-order valence-corrected chi connectivity index (χ4v) is 1.69. The summed E-state index contributed by atoms with van der Waals surface area (Å²) < 4.78 is 4.64. The van der Waals surface area contributed by atoms with Gasteiger partial charge >= 0.3 is 5.97 Å². The zero-order chi connectivity index (χ0) is 10.6. The van der Waals surface area contributed by atoms with Crippen LogP contribution in [0.3, 0.4) is 0 Å². The first-order valence-corrected chi connectivity index (χ1v) is 4.69. The minimum absolute atomic E-state index is 0.0221. The average Bonchev–Trinajstić information content (AvgIpc) is 2.27. The second kappa shape index (κ2) is 4.95. The van der Waals surface area contributed by atoms with Crippen molar-refractivity contribution in [3.05, 3.63) is 0 Å². The molecule has 1 aliphatic rings. The van der Waals surface area contributed by atoms with E-state index in [4.69, 9.17) is 0 Å². The largest absolute Gasteiger partial charge is 0.469 e. The molecule has 5 nitrogen and oxygen atoms in total.